The lowest BCUT2D eigenvalue weighted by Crippen LogP contribution is -2.50. The molecule has 1 aliphatic heterocycles. The van der Waals surface area contributed by atoms with Gasteiger partial charge in [0.15, 0.2) is 12.4 Å². The van der Waals surface area contributed by atoms with Crippen LogP contribution < -0.4 is 9.64 Å². The van der Waals surface area contributed by atoms with Crippen LogP contribution >= 0.6 is 0 Å². The van der Waals surface area contributed by atoms with Gasteiger partial charge in [0.25, 0.3) is 5.91 Å². The lowest BCUT2D eigenvalue weighted by Gasteiger charge is -2.35. The van der Waals surface area contributed by atoms with Gasteiger partial charge in [0.2, 0.25) is 0 Å². The van der Waals surface area contributed by atoms with Crippen molar-refractivity contribution in [3.05, 3.63) is 35.8 Å². The summed E-state index contributed by atoms with van der Waals surface area (Å²) in [4.78, 5) is 24.3. The summed E-state index contributed by atoms with van der Waals surface area (Å²) in [6.07, 6.45) is 1.61. The van der Waals surface area contributed by atoms with E-state index < -0.39 is 0 Å². The van der Waals surface area contributed by atoms with E-state index >= 15 is 0 Å². The van der Waals surface area contributed by atoms with Crippen LogP contribution in [0.3, 0.4) is 0 Å². The molecule has 0 N–H and O–H groups in total. The molecule has 1 fully saturated rings. The van der Waals surface area contributed by atoms with Crippen molar-refractivity contribution in [1.29, 1.82) is 0 Å². The predicted molar refractivity (Wildman–Crippen MR) is 87.8 cm³/mol. The molecule has 2 aromatic heterocycles. The molecule has 126 valence electrons. The highest BCUT2D eigenvalue weighted by atomic mass is 16.5. The van der Waals surface area contributed by atoms with E-state index in [2.05, 4.69) is 25.1 Å². The molecule has 0 unspecified atom stereocenters. The highest BCUT2D eigenvalue weighted by molar-refractivity contribution is 5.78. The van der Waals surface area contributed by atoms with Gasteiger partial charge in [0.05, 0.1) is 5.69 Å². The zero-order valence-corrected chi connectivity index (χ0v) is 13.8. The van der Waals surface area contributed by atoms with E-state index in [4.69, 9.17) is 4.74 Å². The number of aryl methyl sites for hydroxylation is 2. The monoisotopic (exact) mass is 328 g/mol. The van der Waals surface area contributed by atoms with Gasteiger partial charge in [0, 0.05) is 38.1 Å². The molecule has 1 saturated heterocycles. The summed E-state index contributed by atoms with van der Waals surface area (Å²) in [6.45, 7) is 6.43. The number of carbonyl (C=O) groups is 1. The third-order valence-electron chi connectivity index (χ3n) is 3.84. The Kier molecular flexibility index (Phi) is 4.83. The normalized spacial score (nSPS) is 14.6. The molecule has 0 saturated carbocycles. The number of aromatic nitrogens is 4. The summed E-state index contributed by atoms with van der Waals surface area (Å²) in [5.41, 5.74) is 1.70. The second-order valence-electron chi connectivity index (χ2n) is 5.67. The molecule has 0 aromatic carbocycles. The summed E-state index contributed by atoms with van der Waals surface area (Å²) in [5.74, 6) is 0.784. The maximum absolute atomic E-state index is 12.2. The minimum Gasteiger partial charge on any atom is -0.453 e. The number of anilines is 1. The van der Waals surface area contributed by atoms with Crippen LogP contribution in [0.2, 0.25) is 0 Å². The van der Waals surface area contributed by atoms with Gasteiger partial charge >= 0.3 is 6.01 Å². The molecular formula is C16H20N6O2. The number of hydrogen-bond acceptors (Lipinski definition) is 7. The molecule has 1 amide bonds. The minimum atomic E-state index is -0.0604. The van der Waals surface area contributed by atoms with E-state index in [-0.39, 0.29) is 18.5 Å². The predicted octanol–water partition coefficient (Wildman–Crippen LogP) is 0.611. The first-order chi connectivity index (χ1) is 11.6. The third-order valence-corrected chi connectivity index (χ3v) is 3.84. The van der Waals surface area contributed by atoms with Crippen molar-refractivity contribution in [3.8, 4) is 6.01 Å². The Hall–Kier alpha value is -2.77. The summed E-state index contributed by atoms with van der Waals surface area (Å²) >= 11 is 0. The molecule has 8 heteroatoms. The maximum atomic E-state index is 12.2. The van der Waals surface area contributed by atoms with E-state index in [1.165, 1.54) is 0 Å². The van der Waals surface area contributed by atoms with Crippen LogP contribution in [0.1, 0.15) is 11.4 Å². The molecule has 8 nitrogen and oxygen atoms in total. The van der Waals surface area contributed by atoms with Crippen molar-refractivity contribution >= 4 is 11.7 Å². The SMILES string of the molecule is Cc1ccc(N2CCN(C(=O)COc3nccc(C)n3)CC2)nn1. The highest BCUT2D eigenvalue weighted by Gasteiger charge is 2.22. The number of amides is 1. The fourth-order valence-corrected chi connectivity index (χ4v) is 2.46. The average molecular weight is 328 g/mol. The molecule has 3 heterocycles. The number of carbonyl (C=O) groups excluding carboxylic acids is 1. The lowest BCUT2D eigenvalue weighted by molar-refractivity contribution is -0.133. The van der Waals surface area contributed by atoms with E-state index in [0.717, 1.165) is 30.3 Å². The molecular weight excluding hydrogens is 308 g/mol. The van der Waals surface area contributed by atoms with Crippen LogP contribution in [-0.4, -0.2) is 63.8 Å². The molecule has 0 bridgehead atoms. The first-order valence-electron chi connectivity index (χ1n) is 7.87. The first kappa shape index (κ1) is 16.1. The van der Waals surface area contributed by atoms with Gasteiger partial charge in [0.1, 0.15) is 0 Å². The van der Waals surface area contributed by atoms with Gasteiger partial charge < -0.3 is 14.5 Å². The van der Waals surface area contributed by atoms with Gasteiger partial charge in [-0.05, 0) is 32.0 Å². The number of piperazine rings is 1. The fraction of sp³-hybridized carbons (Fsp3) is 0.438. The van der Waals surface area contributed by atoms with Gasteiger partial charge in [-0.25, -0.2) is 9.97 Å². The van der Waals surface area contributed by atoms with Gasteiger partial charge in [-0.1, -0.05) is 0 Å². The van der Waals surface area contributed by atoms with Crippen molar-refractivity contribution in [3.63, 3.8) is 0 Å². The molecule has 24 heavy (non-hydrogen) atoms. The van der Waals surface area contributed by atoms with Crippen LogP contribution in [0.25, 0.3) is 0 Å². The Morgan fingerprint density at radius 2 is 1.88 bits per heavy atom. The minimum absolute atomic E-state index is 0.0478. The second kappa shape index (κ2) is 7.20. The number of nitrogens with zero attached hydrogens (tertiary/aromatic N) is 6. The molecule has 3 rings (SSSR count). The Morgan fingerprint density at radius 3 is 2.54 bits per heavy atom. The van der Waals surface area contributed by atoms with Gasteiger partial charge in [-0.2, -0.15) is 5.10 Å². The Bertz CT molecular complexity index is 698. The number of rotatable bonds is 4. The quantitative estimate of drug-likeness (QED) is 0.813. The summed E-state index contributed by atoms with van der Waals surface area (Å²) in [6, 6.07) is 5.91. The Labute approximate surface area is 140 Å². The zero-order chi connectivity index (χ0) is 16.9. The lowest BCUT2D eigenvalue weighted by atomic mass is 10.3. The highest BCUT2D eigenvalue weighted by Crippen LogP contribution is 2.13. The van der Waals surface area contributed by atoms with Crippen molar-refractivity contribution in [1.82, 2.24) is 25.1 Å². The van der Waals surface area contributed by atoms with Crippen LogP contribution in [0.5, 0.6) is 6.01 Å². The smallest absolute Gasteiger partial charge is 0.317 e. The first-order valence-corrected chi connectivity index (χ1v) is 7.87. The summed E-state index contributed by atoms with van der Waals surface area (Å²) < 4.78 is 5.38. The third kappa shape index (κ3) is 3.95. The topological polar surface area (TPSA) is 84.3 Å². The van der Waals surface area contributed by atoms with Crippen molar-refractivity contribution in [2.75, 3.05) is 37.7 Å². The molecule has 0 atom stereocenters. The standard InChI is InChI=1S/C16H20N6O2/c1-12-5-6-17-16(18-12)24-11-15(23)22-9-7-21(8-10-22)14-4-3-13(2)19-20-14/h3-6H,7-11H2,1-2H3. The van der Waals surface area contributed by atoms with Gasteiger partial charge in [-0.15, -0.1) is 5.10 Å². The average Bonchev–Trinajstić information content (AvgIpc) is 2.61. The molecule has 0 aliphatic carbocycles. The second-order valence-corrected chi connectivity index (χ2v) is 5.67. The fourth-order valence-electron chi connectivity index (χ4n) is 2.46. The largest absolute Gasteiger partial charge is 0.453 e. The summed E-state index contributed by atoms with van der Waals surface area (Å²) in [7, 11) is 0. The van der Waals surface area contributed by atoms with E-state index in [0.29, 0.717) is 13.1 Å². The van der Waals surface area contributed by atoms with Crippen LogP contribution in [-0.2, 0) is 4.79 Å². The van der Waals surface area contributed by atoms with Gasteiger partial charge in [-0.3, -0.25) is 4.79 Å². The molecule has 0 spiro atoms. The van der Waals surface area contributed by atoms with Crippen LogP contribution in [0, 0.1) is 13.8 Å². The van der Waals surface area contributed by atoms with Crippen molar-refractivity contribution < 1.29 is 9.53 Å². The Morgan fingerprint density at radius 1 is 1.08 bits per heavy atom. The van der Waals surface area contributed by atoms with E-state index in [9.17, 15) is 4.79 Å². The van der Waals surface area contributed by atoms with E-state index in [1.54, 1.807) is 17.2 Å². The number of ether oxygens (including phenoxy) is 1. The van der Waals surface area contributed by atoms with E-state index in [1.807, 2.05) is 26.0 Å². The number of hydrogen-bond donors (Lipinski definition) is 0. The van der Waals surface area contributed by atoms with Crippen LogP contribution in [0.15, 0.2) is 24.4 Å². The maximum Gasteiger partial charge on any atom is 0.317 e. The molecule has 2 aromatic rings. The zero-order valence-electron chi connectivity index (χ0n) is 13.8. The Balaban J connectivity index is 1.49. The van der Waals surface area contributed by atoms with Crippen molar-refractivity contribution in [2.24, 2.45) is 0 Å². The van der Waals surface area contributed by atoms with Crippen molar-refractivity contribution in [2.45, 2.75) is 13.8 Å². The molecule has 0 radical (unpaired) electrons. The molecule has 1 aliphatic rings. The summed E-state index contributed by atoms with van der Waals surface area (Å²) in [5, 5.41) is 8.26. The van der Waals surface area contributed by atoms with Crippen LogP contribution in [0.4, 0.5) is 5.82 Å².